The van der Waals surface area contributed by atoms with Crippen LogP contribution in [-0.4, -0.2) is 20.5 Å². The van der Waals surface area contributed by atoms with Crippen molar-refractivity contribution >= 4 is 17.1 Å². The van der Waals surface area contributed by atoms with E-state index >= 15 is 0 Å². The molecule has 0 spiro atoms. The smallest absolute Gasteiger partial charge is 0.180 e. The average molecular weight is 221 g/mol. The molecule has 0 N–H and O–H groups in total. The maximum atomic E-state index is 11.8. The van der Waals surface area contributed by atoms with Crippen LogP contribution in [0.5, 0.6) is 0 Å². The summed E-state index contributed by atoms with van der Waals surface area (Å²) in [6.45, 7) is 1.98. The lowest BCUT2D eigenvalue weighted by Crippen LogP contribution is -2.07. The van der Waals surface area contributed by atoms with Crippen LogP contribution in [0, 0.1) is 6.92 Å². The van der Waals surface area contributed by atoms with Gasteiger partial charge in [0.25, 0.3) is 0 Å². The monoisotopic (exact) mass is 221 g/mol. The number of aromatic nitrogens is 3. The van der Waals surface area contributed by atoms with Gasteiger partial charge in [-0.3, -0.25) is 9.48 Å². The molecule has 78 valence electrons. The number of carbonyl (C=O) groups excluding carboxylic acids is 1. The summed E-state index contributed by atoms with van der Waals surface area (Å²) in [6.07, 6.45) is 1.78. The summed E-state index contributed by atoms with van der Waals surface area (Å²) < 4.78 is 1.62. The second-order valence-corrected chi connectivity index (χ2v) is 4.30. The standard InChI is InChI=1S/C10H11N3OS/c1-7-3-9(15-5-7)8(14)4-10-11-6-12-13(10)2/h3,5-6H,4H2,1-2H3. The molecule has 0 amide bonds. The highest BCUT2D eigenvalue weighted by atomic mass is 32.1. The lowest BCUT2D eigenvalue weighted by atomic mass is 10.2. The first kappa shape index (κ1) is 10.0. The van der Waals surface area contributed by atoms with Crippen molar-refractivity contribution in [3.8, 4) is 0 Å². The summed E-state index contributed by atoms with van der Waals surface area (Å²) in [7, 11) is 1.79. The van der Waals surface area contributed by atoms with Gasteiger partial charge in [-0.15, -0.1) is 11.3 Å². The number of ketones is 1. The highest BCUT2D eigenvalue weighted by Gasteiger charge is 2.12. The Balaban J connectivity index is 2.14. The van der Waals surface area contributed by atoms with Crippen LogP contribution in [0.3, 0.4) is 0 Å². The topological polar surface area (TPSA) is 47.8 Å². The molecule has 2 heterocycles. The predicted molar refractivity (Wildman–Crippen MR) is 58.1 cm³/mol. The Kier molecular flexibility index (Phi) is 2.64. The Morgan fingerprint density at radius 1 is 1.60 bits per heavy atom. The molecular formula is C10H11N3OS. The van der Waals surface area contributed by atoms with E-state index in [2.05, 4.69) is 10.1 Å². The fourth-order valence-electron chi connectivity index (χ4n) is 1.29. The van der Waals surface area contributed by atoms with Crippen LogP contribution in [0.25, 0.3) is 0 Å². The zero-order chi connectivity index (χ0) is 10.8. The van der Waals surface area contributed by atoms with Crippen LogP contribution < -0.4 is 0 Å². The van der Waals surface area contributed by atoms with Gasteiger partial charge in [-0.25, -0.2) is 4.98 Å². The molecule has 0 aliphatic carbocycles. The van der Waals surface area contributed by atoms with Crippen LogP contribution in [0.1, 0.15) is 21.1 Å². The van der Waals surface area contributed by atoms with Gasteiger partial charge < -0.3 is 0 Å². The minimum absolute atomic E-state index is 0.101. The zero-order valence-corrected chi connectivity index (χ0v) is 9.41. The summed E-state index contributed by atoms with van der Waals surface area (Å²) in [6, 6.07) is 1.91. The van der Waals surface area contributed by atoms with Gasteiger partial charge >= 0.3 is 0 Å². The second kappa shape index (κ2) is 3.94. The zero-order valence-electron chi connectivity index (χ0n) is 8.60. The summed E-state index contributed by atoms with van der Waals surface area (Å²) in [5.41, 5.74) is 1.13. The number of hydrogen-bond donors (Lipinski definition) is 0. The summed E-state index contributed by atoms with van der Waals surface area (Å²) >= 11 is 1.48. The molecule has 0 saturated heterocycles. The van der Waals surface area contributed by atoms with E-state index in [-0.39, 0.29) is 5.78 Å². The van der Waals surface area contributed by atoms with Crippen LogP contribution in [0.4, 0.5) is 0 Å². The molecule has 4 nitrogen and oxygen atoms in total. The molecule has 0 saturated carbocycles. The van der Waals surface area contributed by atoms with E-state index in [1.165, 1.54) is 17.7 Å². The summed E-state index contributed by atoms with van der Waals surface area (Å²) in [5, 5.41) is 5.90. The lowest BCUT2D eigenvalue weighted by Gasteiger charge is -1.97. The van der Waals surface area contributed by atoms with Crippen LogP contribution in [-0.2, 0) is 13.5 Å². The third kappa shape index (κ3) is 2.12. The second-order valence-electron chi connectivity index (χ2n) is 3.39. The first-order valence-corrected chi connectivity index (χ1v) is 5.46. The van der Waals surface area contributed by atoms with Gasteiger partial charge in [0.15, 0.2) is 5.78 Å². The van der Waals surface area contributed by atoms with E-state index in [0.29, 0.717) is 12.2 Å². The Morgan fingerprint density at radius 3 is 2.93 bits per heavy atom. The van der Waals surface area contributed by atoms with Gasteiger partial charge in [0, 0.05) is 7.05 Å². The number of thiophene rings is 1. The third-order valence-electron chi connectivity index (χ3n) is 2.13. The molecule has 5 heteroatoms. The lowest BCUT2D eigenvalue weighted by molar-refractivity contribution is 0.0993. The van der Waals surface area contributed by atoms with Gasteiger partial charge in [0.1, 0.15) is 12.2 Å². The molecule has 0 bridgehead atoms. The summed E-state index contributed by atoms with van der Waals surface area (Å²) in [4.78, 5) is 16.6. The fraction of sp³-hybridized carbons (Fsp3) is 0.300. The van der Waals surface area contributed by atoms with Gasteiger partial charge in [-0.2, -0.15) is 5.10 Å². The van der Waals surface area contributed by atoms with Crippen molar-refractivity contribution in [3.05, 3.63) is 34.0 Å². The Morgan fingerprint density at radius 2 is 2.40 bits per heavy atom. The molecule has 2 aromatic heterocycles. The Bertz CT molecular complexity index is 486. The van der Waals surface area contributed by atoms with E-state index in [1.807, 2.05) is 18.4 Å². The molecular weight excluding hydrogens is 210 g/mol. The quantitative estimate of drug-likeness (QED) is 0.740. The van der Waals surface area contributed by atoms with E-state index in [4.69, 9.17) is 0 Å². The number of hydrogen-bond acceptors (Lipinski definition) is 4. The molecule has 0 aromatic carbocycles. The normalized spacial score (nSPS) is 10.5. The van der Waals surface area contributed by atoms with Crippen molar-refractivity contribution in [1.82, 2.24) is 14.8 Å². The van der Waals surface area contributed by atoms with Crippen molar-refractivity contribution in [2.24, 2.45) is 7.05 Å². The van der Waals surface area contributed by atoms with E-state index < -0.39 is 0 Å². The Labute approximate surface area is 91.6 Å². The van der Waals surface area contributed by atoms with Crippen LogP contribution >= 0.6 is 11.3 Å². The maximum Gasteiger partial charge on any atom is 0.180 e. The van der Waals surface area contributed by atoms with Crippen molar-refractivity contribution in [3.63, 3.8) is 0 Å². The molecule has 0 aliphatic rings. The molecule has 0 fully saturated rings. The number of carbonyl (C=O) groups is 1. The number of rotatable bonds is 3. The molecule has 0 atom stereocenters. The van der Waals surface area contributed by atoms with Crippen molar-refractivity contribution in [2.75, 3.05) is 0 Å². The van der Waals surface area contributed by atoms with Crippen molar-refractivity contribution in [1.29, 1.82) is 0 Å². The number of nitrogens with zero attached hydrogens (tertiary/aromatic N) is 3. The third-order valence-corrected chi connectivity index (χ3v) is 3.22. The van der Waals surface area contributed by atoms with E-state index in [0.717, 1.165) is 10.4 Å². The highest BCUT2D eigenvalue weighted by Crippen LogP contribution is 2.15. The Hall–Kier alpha value is -1.49. The van der Waals surface area contributed by atoms with Crippen molar-refractivity contribution < 1.29 is 4.79 Å². The van der Waals surface area contributed by atoms with Crippen LogP contribution in [0.15, 0.2) is 17.8 Å². The average Bonchev–Trinajstić information content (AvgIpc) is 2.77. The minimum atomic E-state index is 0.101. The SMILES string of the molecule is Cc1csc(C(=O)Cc2ncnn2C)c1. The maximum absolute atomic E-state index is 11.8. The van der Waals surface area contributed by atoms with Crippen molar-refractivity contribution in [2.45, 2.75) is 13.3 Å². The van der Waals surface area contributed by atoms with Gasteiger partial charge in [0.2, 0.25) is 0 Å². The number of Topliss-reactive ketones (excluding diaryl/α,β-unsaturated/α-hetero) is 1. The highest BCUT2D eigenvalue weighted by molar-refractivity contribution is 7.12. The minimum Gasteiger partial charge on any atom is -0.293 e. The van der Waals surface area contributed by atoms with Gasteiger partial charge in [0.05, 0.1) is 11.3 Å². The first-order chi connectivity index (χ1) is 7.16. The first-order valence-electron chi connectivity index (χ1n) is 4.58. The summed E-state index contributed by atoms with van der Waals surface area (Å²) in [5.74, 6) is 0.801. The van der Waals surface area contributed by atoms with E-state index in [1.54, 1.807) is 11.7 Å². The predicted octanol–water partition coefficient (Wildman–Crippen LogP) is 1.61. The van der Waals surface area contributed by atoms with Crippen LogP contribution in [0.2, 0.25) is 0 Å². The fourth-order valence-corrected chi connectivity index (χ4v) is 2.13. The van der Waals surface area contributed by atoms with Gasteiger partial charge in [-0.1, -0.05) is 0 Å². The largest absolute Gasteiger partial charge is 0.293 e. The molecule has 0 aliphatic heterocycles. The molecule has 15 heavy (non-hydrogen) atoms. The molecule has 2 rings (SSSR count). The van der Waals surface area contributed by atoms with Gasteiger partial charge in [-0.05, 0) is 23.9 Å². The number of aryl methyl sites for hydroxylation is 2. The molecule has 0 radical (unpaired) electrons. The molecule has 2 aromatic rings. The molecule has 0 unspecified atom stereocenters. The van der Waals surface area contributed by atoms with E-state index in [9.17, 15) is 4.79 Å².